The van der Waals surface area contributed by atoms with Gasteiger partial charge in [-0.25, -0.2) is 4.39 Å². The fourth-order valence-corrected chi connectivity index (χ4v) is 2.80. The van der Waals surface area contributed by atoms with Crippen molar-refractivity contribution in [2.75, 3.05) is 25.1 Å². The third-order valence-electron chi connectivity index (χ3n) is 4.10. The van der Waals surface area contributed by atoms with Gasteiger partial charge in [0.15, 0.2) is 0 Å². The predicted molar refractivity (Wildman–Crippen MR) is 80.6 cm³/mol. The SMILES string of the molecule is CCC(N)Cc1cc(F)ccc1N1CCCC(OC)C1. The summed E-state index contributed by atoms with van der Waals surface area (Å²) in [5, 5.41) is 0. The Morgan fingerprint density at radius 1 is 1.50 bits per heavy atom. The first-order chi connectivity index (χ1) is 9.63. The van der Waals surface area contributed by atoms with Crippen molar-refractivity contribution in [3.63, 3.8) is 0 Å². The van der Waals surface area contributed by atoms with Gasteiger partial charge in [0.05, 0.1) is 6.10 Å². The van der Waals surface area contributed by atoms with Gasteiger partial charge in [-0.2, -0.15) is 0 Å². The van der Waals surface area contributed by atoms with Gasteiger partial charge in [0.1, 0.15) is 5.82 Å². The fourth-order valence-electron chi connectivity index (χ4n) is 2.80. The first-order valence-corrected chi connectivity index (χ1v) is 7.45. The maximum Gasteiger partial charge on any atom is 0.123 e. The lowest BCUT2D eigenvalue weighted by Crippen LogP contribution is -2.40. The maximum absolute atomic E-state index is 13.5. The van der Waals surface area contributed by atoms with Gasteiger partial charge in [0.25, 0.3) is 0 Å². The average molecular weight is 280 g/mol. The molecule has 0 bridgehead atoms. The van der Waals surface area contributed by atoms with Crippen LogP contribution >= 0.6 is 0 Å². The minimum atomic E-state index is -0.188. The molecule has 0 saturated carbocycles. The molecule has 2 rings (SSSR count). The Bertz CT molecular complexity index is 438. The van der Waals surface area contributed by atoms with E-state index in [0.717, 1.165) is 50.0 Å². The summed E-state index contributed by atoms with van der Waals surface area (Å²) in [5.74, 6) is -0.188. The summed E-state index contributed by atoms with van der Waals surface area (Å²) in [4.78, 5) is 2.30. The van der Waals surface area contributed by atoms with Gasteiger partial charge in [-0.05, 0) is 49.4 Å². The molecule has 1 aliphatic heterocycles. The van der Waals surface area contributed by atoms with Crippen LogP contribution in [0.25, 0.3) is 0 Å². The summed E-state index contributed by atoms with van der Waals surface area (Å²) < 4.78 is 19.0. The molecule has 0 spiro atoms. The quantitative estimate of drug-likeness (QED) is 0.901. The molecule has 1 aromatic carbocycles. The molecule has 1 fully saturated rings. The zero-order valence-electron chi connectivity index (χ0n) is 12.4. The normalized spacial score (nSPS) is 21.0. The second-order valence-corrected chi connectivity index (χ2v) is 5.59. The Morgan fingerprint density at radius 2 is 2.30 bits per heavy atom. The van der Waals surface area contributed by atoms with Crippen molar-refractivity contribution < 1.29 is 9.13 Å². The number of hydrogen-bond acceptors (Lipinski definition) is 3. The Kier molecular flexibility index (Phi) is 5.38. The van der Waals surface area contributed by atoms with Gasteiger partial charge >= 0.3 is 0 Å². The van der Waals surface area contributed by atoms with Crippen LogP contribution in [0.2, 0.25) is 0 Å². The van der Waals surface area contributed by atoms with Gasteiger partial charge in [-0.1, -0.05) is 6.92 Å². The summed E-state index contributed by atoms with van der Waals surface area (Å²) in [7, 11) is 1.76. The molecule has 1 heterocycles. The molecule has 0 radical (unpaired) electrons. The number of anilines is 1. The molecule has 112 valence electrons. The van der Waals surface area contributed by atoms with Crippen molar-refractivity contribution in [2.45, 2.75) is 44.8 Å². The highest BCUT2D eigenvalue weighted by molar-refractivity contribution is 5.54. The van der Waals surface area contributed by atoms with Crippen LogP contribution < -0.4 is 10.6 Å². The number of hydrogen-bond donors (Lipinski definition) is 1. The van der Waals surface area contributed by atoms with E-state index in [2.05, 4.69) is 11.8 Å². The third-order valence-corrected chi connectivity index (χ3v) is 4.10. The monoisotopic (exact) mass is 280 g/mol. The van der Waals surface area contributed by atoms with E-state index in [9.17, 15) is 4.39 Å². The number of piperidine rings is 1. The highest BCUT2D eigenvalue weighted by atomic mass is 19.1. The second-order valence-electron chi connectivity index (χ2n) is 5.59. The molecule has 2 atom stereocenters. The molecule has 1 aromatic rings. The van der Waals surface area contributed by atoms with E-state index in [1.54, 1.807) is 13.2 Å². The predicted octanol–water partition coefficient (Wildman–Crippen LogP) is 2.72. The Balaban J connectivity index is 2.21. The zero-order chi connectivity index (χ0) is 14.5. The van der Waals surface area contributed by atoms with Crippen molar-refractivity contribution >= 4 is 5.69 Å². The van der Waals surface area contributed by atoms with E-state index in [0.29, 0.717) is 0 Å². The summed E-state index contributed by atoms with van der Waals surface area (Å²) in [5.41, 5.74) is 8.16. The topological polar surface area (TPSA) is 38.5 Å². The molecule has 0 aromatic heterocycles. The Hall–Kier alpha value is -1.13. The van der Waals surface area contributed by atoms with E-state index >= 15 is 0 Å². The smallest absolute Gasteiger partial charge is 0.123 e. The van der Waals surface area contributed by atoms with Crippen LogP contribution in [-0.2, 0) is 11.2 Å². The van der Waals surface area contributed by atoms with Crippen molar-refractivity contribution in [1.29, 1.82) is 0 Å². The van der Waals surface area contributed by atoms with Crippen LogP contribution in [0.5, 0.6) is 0 Å². The molecule has 3 nitrogen and oxygen atoms in total. The van der Waals surface area contributed by atoms with E-state index < -0.39 is 0 Å². The Labute approximate surface area is 120 Å². The van der Waals surface area contributed by atoms with Crippen LogP contribution in [-0.4, -0.2) is 32.3 Å². The van der Waals surface area contributed by atoms with Gasteiger partial charge in [0.2, 0.25) is 0 Å². The number of nitrogens with zero attached hydrogens (tertiary/aromatic N) is 1. The van der Waals surface area contributed by atoms with Crippen LogP contribution in [0, 0.1) is 5.82 Å². The summed E-state index contributed by atoms with van der Waals surface area (Å²) >= 11 is 0. The third kappa shape index (κ3) is 3.70. The molecule has 4 heteroatoms. The van der Waals surface area contributed by atoms with Gasteiger partial charge in [-0.15, -0.1) is 0 Å². The number of benzene rings is 1. The van der Waals surface area contributed by atoms with Crippen molar-refractivity contribution in [1.82, 2.24) is 0 Å². The Morgan fingerprint density at radius 3 is 3.00 bits per heavy atom. The van der Waals surface area contributed by atoms with Gasteiger partial charge in [0, 0.05) is 31.9 Å². The molecule has 0 amide bonds. The van der Waals surface area contributed by atoms with E-state index in [1.807, 2.05) is 6.07 Å². The van der Waals surface area contributed by atoms with Crippen molar-refractivity contribution in [3.05, 3.63) is 29.6 Å². The molecular weight excluding hydrogens is 255 g/mol. The highest BCUT2D eigenvalue weighted by Crippen LogP contribution is 2.27. The summed E-state index contributed by atoms with van der Waals surface area (Å²) in [6.07, 6.45) is 4.09. The van der Waals surface area contributed by atoms with Crippen molar-refractivity contribution in [3.8, 4) is 0 Å². The first-order valence-electron chi connectivity index (χ1n) is 7.45. The standard InChI is InChI=1S/C16H25FN2O/c1-3-14(18)10-12-9-13(17)6-7-16(12)19-8-4-5-15(11-19)20-2/h6-7,9,14-15H,3-5,8,10-11,18H2,1-2H3. The average Bonchev–Trinajstić information content (AvgIpc) is 2.47. The number of halogens is 1. The lowest BCUT2D eigenvalue weighted by Gasteiger charge is -2.35. The number of rotatable bonds is 5. The largest absolute Gasteiger partial charge is 0.380 e. The molecule has 2 N–H and O–H groups in total. The van der Waals surface area contributed by atoms with Crippen LogP contribution in [0.15, 0.2) is 18.2 Å². The number of nitrogens with two attached hydrogens (primary N) is 1. The lowest BCUT2D eigenvalue weighted by atomic mass is 10.00. The summed E-state index contributed by atoms with van der Waals surface area (Å²) in [6, 6.07) is 5.12. The lowest BCUT2D eigenvalue weighted by molar-refractivity contribution is 0.0893. The van der Waals surface area contributed by atoms with E-state index in [1.165, 1.54) is 6.07 Å². The molecule has 2 unspecified atom stereocenters. The van der Waals surface area contributed by atoms with Crippen LogP contribution in [0.1, 0.15) is 31.7 Å². The molecule has 0 aliphatic carbocycles. The molecule has 1 aliphatic rings. The molecule has 20 heavy (non-hydrogen) atoms. The van der Waals surface area contributed by atoms with Crippen LogP contribution in [0.4, 0.5) is 10.1 Å². The van der Waals surface area contributed by atoms with E-state index in [4.69, 9.17) is 10.5 Å². The van der Waals surface area contributed by atoms with Crippen molar-refractivity contribution in [2.24, 2.45) is 5.73 Å². The maximum atomic E-state index is 13.5. The fraction of sp³-hybridized carbons (Fsp3) is 0.625. The first kappa shape index (κ1) is 15.3. The van der Waals surface area contributed by atoms with E-state index in [-0.39, 0.29) is 18.0 Å². The minimum Gasteiger partial charge on any atom is -0.380 e. The molecular formula is C16H25FN2O. The highest BCUT2D eigenvalue weighted by Gasteiger charge is 2.22. The summed E-state index contributed by atoms with van der Waals surface area (Å²) in [6.45, 7) is 3.93. The van der Waals surface area contributed by atoms with Gasteiger partial charge < -0.3 is 15.4 Å². The second kappa shape index (κ2) is 7.04. The number of methoxy groups -OCH3 is 1. The number of ether oxygens (including phenoxy) is 1. The van der Waals surface area contributed by atoms with Gasteiger partial charge in [-0.3, -0.25) is 0 Å². The minimum absolute atomic E-state index is 0.0820. The molecule has 1 saturated heterocycles. The van der Waals surface area contributed by atoms with Crippen LogP contribution in [0.3, 0.4) is 0 Å². The zero-order valence-corrected chi connectivity index (χ0v) is 12.4.